The number of pyridine rings is 1. The van der Waals surface area contributed by atoms with Gasteiger partial charge in [0.15, 0.2) is 5.78 Å². The lowest BCUT2D eigenvalue weighted by molar-refractivity contribution is 0.102. The van der Waals surface area contributed by atoms with Gasteiger partial charge in [0.1, 0.15) is 0 Å². The number of ketones is 1. The number of carbonyl (C=O) groups excluding carboxylic acids is 1. The van der Waals surface area contributed by atoms with Crippen molar-refractivity contribution in [3.63, 3.8) is 0 Å². The highest BCUT2D eigenvalue weighted by molar-refractivity contribution is 8.00. The van der Waals surface area contributed by atoms with Gasteiger partial charge in [-0.25, -0.2) is 0 Å². The molecule has 0 saturated heterocycles. The van der Waals surface area contributed by atoms with E-state index < -0.39 is 0 Å². The third-order valence-electron chi connectivity index (χ3n) is 4.27. The van der Waals surface area contributed by atoms with Crippen LogP contribution in [0.15, 0.2) is 96.0 Å². The fourth-order valence-corrected chi connectivity index (χ4v) is 3.83. The summed E-state index contributed by atoms with van der Waals surface area (Å²) in [5, 5.41) is 1.09. The van der Waals surface area contributed by atoms with Gasteiger partial charge in [0.25, 0.3) is 0 Å². The van der Waals surface area contributed by atoms with Gasteiger partial charge in [-0.3, -0.25) is 9.78 Å². The molecule has 3 heteroatoms. The average molecular weight is 355 g/mol. The number of nitrogens with zero attached hydrogens (tertiary/aromatic N) is 1. The number of aromatic nitrogens is 1. The van der Waals surface area contributed by atoms with Crippen molar-refractivity contribution in [3.05, 3.63) is 96.7 Å². The number of fused-ring (bicyclic) bond motifs is 1. The van der Waals surface area contributed by atoms with E-state index in [4.69, 9.17) is 0 Å². The lowest BCUT2D eigenvalue weighted by Gasteiger charge is -2.06. The summed E-state index contributed by atoms with van der Waals surface area (Å²) in [7, 11) is 0. The van der Waals surface area contributed by atoms with Crippen LogP contribution in [0.25, 0.3) is 22.0 Å². The average Bonchev–Trinajstić information content (AvgIpc) is 2.73. The minimum Gasteiger partial charge on any atom is -0.293 e. The maximum absolute atomic E-state index is 12.6. The summed E-state index contributed by atoms with van der Waals surface area (Å²) in [6.07, 6.45) is 1.79. The molecule has 126 valence electrons. The molecule has 0 aliphatic rings. The standard InChI is InChI=1S/C23H17NOS/c25-21(16-26-22-10-4-8-20-9-5-15-24-23(20)22)19-13-11-18(12-14-19)17-6-2-1-3-7-17/h1-15H,16H2. The van der Waals surface area contributed by atoms with Gasteiger partial charge in [0.2, 0.25) is 0 Å². The summed E-state index contributed by atoms with van der Waals surface area (Å²) in [5.41, 5.74) is 3.97. The predicted molar refractivity (Wildman–Crippen MR) is 109 cm³/mol. The zero-order valence-electron chi connectivity index (χ0n) is 14.1. The van der Waals surface area contributed by atoms with E-state index in [0.29, 0.717) is 5.75 Å². The highest BCUT2D eigenvalue weighted by Gasteiger charge is 2.09. The second kappa shape index (κ2) is 7.54. The van der Waals surface area contributed by atoms with Crippen LogP contribution in [0.3, 0.4) is 0 Å². The van der Waals surface area contributed by atoms with Gasteiger partial charge >= 0.3 is 0 Å². The molecule has 26 heavy (non-hydrogen) atoms. The van der Waals surface area contributed by atoms with Gasteiger partial charge in [-0.1, -0.05) is 72.8 Å². The Morgan fingerprint density at radius 3 is 2.31 bits per heavy atom. The van der Waals surface area contributed by atoms with Crippen molar-refractivity contribution in [1.29, 1.82) is 0 Å². The SMILES string of the molecule is O=C(CSc1cccc2cccnc12)c1ccc(-c2ccccc2)cc1. The molecule has 0 unspecified atom stereocenters. The van der Waals surface area contributed by atoms with E-state index in [1.54, 1.807) is 18.0 Å². The number of hydrogen-bond donors (Lipinski definition) is 0. The van der Waals surface area contributed by atoms with Crippen molar-refractivity contribution in [1.82, 2.24) is 4.98 Å². The Morgan fingerprint density at radius 1 is 0.769 bits per heavy atom. The minimum atomic E-state index is 0.127. The van der Waals surface area contributed by atoms with Crippen molar-refractivity contribution in [2.24, 2.45) is 0 Å². The second-order valence-electron chi connectivity index (χ2n) is 5.99. The maximum Gasteiger partial charge on any atom is 0.173 e. The summed E-state index contributed by atoms with van der Waals surface area (Å²) in [6.45, 7) is 0. The van der Waals surface area contributed by atoms with Gasteiger partial charge in [0.05, 0.1) is 11.3 Å². The smallest absolute Gasteiger partial charge is 0.173 e. The van der Waals surface area contributed by atoms with Gasteiger partial charge in [-0.05, 0) is 23.3 Å². The normalized spacial score (nSPS) is 10.8. The third kappa shape index (κ3) is 3.53. The Morgan fingerprint density at radius 2 is 1.50 bits per heavy atom. The first-order valence-corrected chi connectivity index (χ1v) is 9.45. The van der Waals surface area contributed by atoms with Crippen molar-refractivity contribution < 1.29 is 4.79 Å². The van der Waals surface area contributed by atoms with Gasteiger partial charge in [-0.15, -0.1) is 11.8 Å². The maximum atomic E-state index is 12.6. The van der Waals surface area contributed by atoms with Crippen LogP contribution in [0.5, 0.6) is 0 Å². The summed E-state index contributed by atoms with van der Waals surface area (Å²) in [6, 6.07) is 28.0. The lowest BCUT2D eigenvalue weighted by Crippen LogP contribution is -2.02. The highest BCUT2D eigenvalue weighted by Crippen LogP contribution is 2.27. The molecule has 0 amide bonds. The van der Waals surface area contributed by atoms with Crippen molar-refractivity contribution >= 4 is 28.4 Å². The number of para-hydroxylation sites is 1. The van der Waals surface area contributed by atoms with E-state index in [1.165, 1.54) is 0 Å². The minimum absolute atomic E-state index is 0.127. The summed E-state index contributed by atoms with van der Waals surface area (Å²) >= 11 is 1.54. The van der Waals surface area contributed by atoms with Gasteiger partial charge in [0, 0.05) is 22.0 Å². The molecule has 0 aliphatic heterocycles. The summed E-state index contributed by atoms with van der Waals surface area (Å²) < 4.78 is 0. The van der Waals surface area contributed by atoms with Crippen LogP contribution in [-0.4, -0.2) is 16.5 Å². The molecule has 4 rings (SSSR count). The first-order chi connectivity index (χ1) is 12.8. The predicted octanol–water partition coefficient (Wildman–Crippen LogP) is 5.88. The Bertz CT molecular complexity index is 1040. The number of benzene rings is 3. The fourth-order valence-electron chi connectivity index (χ4n) is 2.90. The number of Topliss-reactive ketones (excluding diaryl/α,β-unsaturated/α-hetero) is 1. The fraction of sp³-hybridized carbons (Fsp3) is 0.0435. The van der Waals surface area contributed by atoms with E-state index in [-0.39, 0.29) is 5.78 Å². The van der Waals surface area contributed by atoms with Crippen LogP contribution < -0.4 is 0 Å². The van der Waals surface area contributed by atoms with E-state index >= 15 is 0 Å². The molecule has 0 atom stereocenters. The van der Waals surface area contributed by atoms with E-state index in [2.05, 4.69) is 17.1 Å². The Kier molecular flexibility index (Phi) is 4.80. The summed E-state index contributed by atoms with van der Waals surface area (Å²) in [5.74, 6) is 0.531. The molecule has 0 aliphatic carbocycles. The Hall–Kier alpha value is -2.91. The highest BCUT2D eigenvalue weighted by atomic mass is 32.2. The van der Waals surface area contributed by atoms with Crippen LogP contribution in [0.1, 0.15) is 10.4 Å². The molecule has 0 radical (unpaired) electrons. The molecule has 0 saturated carbocycles. The van der Waals surface area contributed by atoms with E-state index in [1.807, 2.05) is 72.8 Å². The molecular weight excluding hydrogens is 338 g/mol. The Labute approximate surface area is 156 Å². The van der Waals surface area contributed by atoms with E-state index in [9.17, 15) is 4.79 Å². The number of rotatable bonds is 5. The first kappa shape index (κ1) is 16.6. The Balaban J connectivity index is 1.48. The van der Waals surface area contributed by atoms with Crippen molar-refractivity contribution in [2.45, 2.75) is 4.90 Å². The van der Waals surface area contributed by atoms with Crippen LogP contribution in [0.4, 0.5) is 0 Å². The van der Waals surface area contributed by atoms with Crippen molar-refractivity contribution in [3.8, 4) is 11.1 Å². The van der Waals surface area contributed by atoms with E-state index in [0.717, 1.165) is 32.5 Å². The molecule has 0 N–H and O–H groups in total. The molecule has 4 aromatic rings. The monoisotopic (exact) mass is 355 g/mol. The molecule has 0 fully saturated rings. The third-order valence-corrected chi connectivity index (χ3v) is 5.32. The number of hydrogen-bond acceptors (Lipinski definition) is 3. The zero-order valence-corrected chi connectivity index (χ0v) is 14.9. The van der Waals surface area contributed by atoms with Crippen LogP contribution in [-0.2, 0) is 0 Å². The van der Waals surface area contributed by atoms with Crippen LogP contribution >= 0.6 is 11.8 Å². The summed E-state index contributed by atoms with van der Waals surface area (Å²) in [4.78, 5) is 18.0. The molecule has 0 bridgehead atoms. The number of carbonyl (C=O) groups is 1. The number of thioether (sulfide) groups is 1. The largest absolute Gasteiger partial charge is 0.293 e. The molecule has 1 heterocycles. The topological polar surface area (TPSA) is 30.0 Å². The zero-order chi connectivity index (χ0) is 17.8. The van der Waals surface area contributed by atoms with Crippen LogP contribution in [0.2, 0.25) is 0 Å². The lowest BCUT2D eigenvalue weighted by atomic mass is 10.0. The molecule has 1 aromatic heterocycles. The molecule has 0 spiro atoms. The molecular formula is C23H17NOS. The quantitative estimate of drug-likeness (QED) is 0.331. The first-order valence-electron chi connectivity index (χ1n) is 8.46. The molecule has 2 nitrogen and oxygen atoms in total. The van der Waals surface area contributed by atoms with Crippen LogP contribution in [0, 0.1) is 0 Å². The van der Waals surface area contributed by atoms with Gasteiger partial charge < -0.3 is 0 Å². The molecule has 3 aromatic carbocycles. The van der Waals surface area contributed by atoms with Gasteiger partial charge in [-0.2, -0.15) is 0 Å². The van der Waals surface area contributed by atoms with Crippen molar-refractivity contribution in [2.75, 3.05) is 5.75 Å². The second-order valence-corrected chi connectivity index (χ2v) is 7.00.